The summed E-state index contributed by atoms with van der Waals surface area (Å²) in [6, 6.07) is 6.84. The quantitative estimate of drug-likeness (QED) is 0.945. The molecule has 1 heterocycles. The highest BCUT2D eigenvalue weighted by atomic mass is 16.4. The van der Waals surface area contributed by atoms with Crippen LogP contribution in [-0.2, 0) is 6.42 Å². The summed E-state index contributed by atoms with van der Waals surface area (Å²) in [6.07, 6.45) is 4.28. The Morgan fingerprint density at radius 2 is 2.00 bits per heavy atom. The van der Waals surface area contributed by atoms with E-state index in [4.69, 9.17) is 0 Å². The second-order valence-corrected chi connectivity index (χ2v) is 5.99. The van der Waals surface area contributed by atoms with Crippen molar-refractivity contribution >= 4 is 11.8 Å². The zero-order valence-corrected chi connectivity index (χ0v) is 12.1. The first-order chi connectivity index (χ1) is 10.7. The SMILES string of the molecule is O=C(O)c1ccccc1-n1nc(C2CC2)c2c1CCCC2=O. The first-order valence-corrected chi connectivity index (χ1v) is 7.64. The number of benzene rings is 1. The number of rotatable bonds is 3. The molecular formula is C17H16N2O3. The third-order valence-electron chi connectivity index (χ3n) is 4.43. The molecular weight excluding hydrogens is 280 g/mol. The number of hydrogen-bond acceptors (Lipinski definition) is 3. The monoisotopic (exact) mass is 296 g/mol. The number of carboxylic acids is 1. The summed E-state index contributed by atoms with van der Waals surface area (Å²) < 4.78 is 1.70. The molecule has 4 rings (SSSR count). The lowest BCUT2D eigenvalue weighted by Gasteiger charge is -2.14. The van der Waals surface area contributed by atoms with Gasteiger partial charge in [-0.15, -0.1) is 0 Å². The number of carbonyl (C=O) groups excluding carboxylic acids is 1. The van der Waals surface area contributed by atoms with Gasteiger partial charge in [-0.1, -0.05) is 12.1 Å². The second kappa shape index (κ2) is 4.80. The second-order valence-electron chi connectivity index (χ2n) is 5.99. The average molecular weight is 296 g/mol. The lowest BCUT2D eigenvalue weighted by molar-refractivity contribution is 0.0696. The number of para-hydroxylation sites is 1. The molecule has 0 unspecified atom stereocenters. The molecule has 1 fully saturated rings. The van der Waals surface area contributed by atoms with Crippen LogP contribution in [0.15, 0.2) is 24.3 Å². The van der Waals surface area contributed by atoms with Crippen molar-refractivity contribution < 1.29 is 14.7 Å². The molecule has 5 nitrogen and oxygen atoms in total. The third-order valence-corrected chi connectivity index (χ3v) is 4.43. The van der Waals surface area contributed by atoms with Gasteiger partial charge in [-0.25, -0.2) is 9.48 Å². The number of aromatic nitrogens is 2. The molecule has 2 aliphatic rings. The van der Waals surface area contributed by atoms with Crippen LogP contribution in [0.1, 0.15) is 63.7 Å². The molecule has 112 valence electrons. The van der Waals surface area contributed by atoms with Gasteiger partial charge in [0.2, 0.25) is 0 Å². The Bertz CT molecular complexity index is 787. The van der Waals surface area contributed by atoms with E-state index in [0.717, 1.165) is 42.6 Å². The molecule has 5 heteroatoms. The molecule has 1 aromatic heterocycles. The number of carbonyl (C=O) groups is 2. The molecule has 0 saturated heterocycles. The fourth-order valence-electron chi connectivity index (χ4n) is 3.23. The summed E-state index contributed by atoms with van der Waals surface area (Å²) in [7, 11) is 0. The van der Waals surface area contributed by atoms with Crippen LogP contribution in [-0.4, -0.2) is 26.6 Å². The van der Waals surface area contributed by atoms with E-state index in [2.05, 4.69) is 5.10 Å². The van der Waals surface area contributed by atoms with E-state index in [9.17, 15) is 14.7 Å². The summed E-state index contributed by atoms with van der Waals surface area (Å²) in [5.74, 6) is -0.453. The van der Waals surface area contributed by atoms with Crippen molar-refractivity contribution in [1.29, 1.82) is 0 Å². The van der Waals surface area contributed by atoms with Crippen LogP contribution in [0.4, 0.5) is 0 Å². The van der Waals surface area contributed by atoms with Crippen molar-refractivity contribution in [2.75, 3.05) is 0 Å². The summed E-state index contributed by atoms with van der Waals surface area (Å²) in [4.78, 5) is 23.8. The van der Waals surface area contributed by atoms with E-state index in [1.807, 2.05) is 0 Å². The maximum Gasteiger partial charge on any atom is 0.337 e. The lowest BCUT2D eigenvalue weighted by Crippen LogP contribution is -2.15. The Balaban J connectivity index is 1.95. The van der Waals surface area contributed by atoms with Crippen molar-refractivity contribution in [3.8, 4) is 5.69 Å². The van der Waals surface area contributed by atoms with Crippen LogP contribution in [0.2, 0.25) is 0 Å². The minimum absolute atomic E-state index is 0.155. The predicted octanol–water partition coefficient (Wildman–Crippen LogP) is 2.97. The fraction of sp³-hybridized carbons (Fsp3) is 0.353. The fourth-order valence-corrected chi connectivity index (χ4v) is 3.23. The van der Waals surface area contributed by atoms with Gasteiger partial charge in [0.15, 0.2) is 5.78 Å². The molecule has 0 atom stereocenters. The van der Waals surface area contributed by atoms with Gasteiger partial charge >= 0.3 is 5.97 Å². The number of nitrogens with zero attached hydrogens (tertiary/aromatic N) is 2. The van der Waals surface area contributed by atoms with Gasteiger partial charge in [-0.2, -0.15) is 5.10 Å². The number of carboxylic acid groups (broad SMARTS) is 1. The van der Waals surface area contributed by atoms with Crippen LogP contribution in [0.5, 0.6) is 0 Å². The number of aromatic carboxylic acids is 1. The van der Waals surface area contributed by atoms with E-state index in [1.54, 1.807) is 28.9 Å². The minimum atomic E-state index is -0.977. The highest BCUT2D eigenvalue weighted by Crippen LogP contribution is 2.43. The summed E-state index contributed by atoms with van der Waals surface area (Å²) >= 11 is 0. The van der Waals surface area contributed by atoms with E-state index in [0.29, 0.717) is 18.0 Å². The molecule has 0 aliphatic heterocycles. The third kappa shape index (κ3) is 1.96. The molecule has 2 aliphatic carbocycles. The van der Waals surface area contributed by atoms with E-state index in [1.165, 1.54) is 0 Å². The van der Waals surface area contributed by atoms with Crippen LogP contribution < -0.4 is 0 Å². The molecule has 2 aromatic rings. The molecule has 0 radical (unpaired) electrons. The van der Waals surface area contributed by atoms with Gasteiger partial charge in [0.1, 0.15) is 0 Å². The summed E-state index contributed by atoms with van der Waals surface area (Å²) in [5.41, 5.74) is 3.28. The van der Waals surface area contributed by atoms with Crippen molar-refractivity contribution in [1.82, 2.24) is 9.78 Å². The Kier molecular flexibility index (Phi) is 2.89. The minimum Gasteiger partial charge on any atom is -0.478 e. The van der Waals surface area contributed by atoms with Gasteiger partial charge < -0.3 is 5.11 Å². The molecule has 1 saturated carbocycles. The van der Waals surface area contributed by atoms with Crippen LogP contribution >= 0.6 is 0 Å². The Morgan fingerprint density at radius 1 is 1.23 bits per heavy atom. The number of Topliss-reactive ketones (excluding diaryl/α,β-unsaturated/α-hetero) is 1. The van der Waals surface area contributed by atoms with Gasteiger partial charge in [-0.05, 0) is 37.8 Å². The van der Waals surface area contributed by atoms with Crippen molar-refractivity contribution in [2.45, 2.75) is 38.0 Å². The Hall–Kier alpha value is -2.43. The molecule has 22 heavy (non-hydrogen) atoms. The molecule has 1 N–H and O–H groups in total. The maximum absolute atomic E-state index is 12.3. The van der Waals surface area contributed by atoms with Crippen LogP contribution in [0.3, 0.4) is 0 Å². The van der Waals surface area contributed by atoms with Crippen LogP contribution in [0, 0.1) is 0 Å². The van der Waals surface area contributed by atoms with E-state index >= 15 is 0 Å². The Morgan fingerprint density at radius 3 is 2.73 bits per heavy atom. The zero-order chi connectivity index (χ0) is 15.3. The van der Waals surface area contributed by atoms with Crippen molar-refractivity contribution in [2.24, 2.45) is 0 Å². The molecule has 0 bridgehead atoms. The standard InChI is InChI=1S/C17H16N2O3/c20-14-7-3-6-13-15(14)16(10-8-9-10)18-19(13)12-5-2-1-4-11(12)17(21)22/h1-2,4-5,10H,3,6-9H2,(H,21,22). The van der Waals surface area contributed by atoms with Crippen molar-refractivity contribution in [3.05, 3.63) is 46.8 Å². The van der Waals surface area contributed by atoms with E-state index < -0.39 is 5.97 Å². The number of fused-ring (bicyclic) bond motifs is 1. The lowest BCUT2D eigenvalue weighted by atomic mass is 9.93. The largest absolute Gasteiger partial charge is 0.478 e. The zero-order valence-electron chi connectivity index (χ0n) is 12.1. The summed E-state index contributed by atoms with van der Waals surface area (Å²) in [6.45, 7) is 0. The summed E-state index contributed by atoms with van der Waals surface area (Å²) in [5, 5.41) is 14.1. The number of ketones is 1. The van der Waals surface area contributed by atoms with Crippen molar-refractivity contribution in [3.63, 3.8) is 0 Å². The van der Waals surface area contributed by atoms with E-state index in [-0.39, 0.29) is 11.3 Å². The predicted molar refractivity (Wildman–Crippen MR) is 79.8 cm³/mol. The van der Waals surface area contributed by atoms with Gasteiger partial charge in [-0.3, -0.25) is 4.79 Å². The molecule has 0 amide bonds. The molecule has 0 spiro atoms. The smallest absolute Gasteiger partial charge is 0.337 e. The highest BCUT2D eigenvalue weighted by Gasteiger charge is 2.36. The van der Waals surface area contributed by atoms with Crippen LogP contribution in [0.25, 0.3) is 5.69 Å². The van der Waals surface area contributed by atoms with Gasteiger partial charge in [0.25, 0.3) is 0 Å². The first kappa shape index (κ1) is 13.2. The first-order valence-electron chi connectivity index (χ1n) is 7.64. The average Bonchev–Trinajstić information content (AvgIpc) is 3.28. The topological polar surface area (TPSA) is 72.2 Å². The Labute approximate surface area is 127 Å². The normalized spacial score (nSPS) is 17.4. The van der Waals surface area contributed by atoms with Gasteiger partial charge in [0.05, 0.1) is 28.2 Å². The molecule has 1 aromatic carbocycles. The van der Waals surface area contributed by atoms with Gasteiger partial charge in [0, 0.05) is 12.3 Å². The number of hydrogen-bond donors (Lipinski definition) is 1. The maximum atomic E-state index is 12.3. The highest BCUT2D eigenvalue weighted by molar-refractivity contribution is 6.00.